The van der Waals surface area contributed by atoms with Crippen molar-refractivity contribution >= 4 is 98.1 Å². The van der Waals surface area contributed by atoms with Gasteiger partial charge in [-0.05, 0) is 80.3 Å². The van der Waals surface area contributed by atoms with Gasteiger partial charge in [-0.2, -0.15) is 0 Å². The fraction of sp³-hybridized carbons (Fsp3) is 0. The summed E-state index contributed by atoms with van der Waals surface area (Å²) >= 11 is 0. The first kappa shape index (κ1) is 34.2. The maximum absolute atomic E-state index is 6.80. The van der Waals surface area contributed by atoms with Crippen molar-refractivity contribution in [3.05, 3.63) is 200 Å². The Labute approximate surface area is 359 Å². The average molecular weight is 804 g/mol. The van der Waals surface area contributed by atoms with Crippen LogP contribution in [0.3, 0.4) is 0 Å². The molecule has 0 radical (unpaired) electrons. The zero-order chi connectivity index (χ0) is 41.2. The third-order valence-electron chi connectivity index (χ3n) is 13.0. The first-order valence-electron chi connectivity index (χ1n) is 21.3. The highest BCUT2D eigenvalue weighted by molar-refractivity contribution is 6.26. The van der Waals surface area contributed by atoms with E-state index >= 15 is 0 Å². The largest absolute Gasteiger partial charge is 0.455 e. The number of nitrogens with zero attached hydrogens (tertiary/aromatic N) is 3. The molecule has 0 saturated heterocycles. The van der Waals surface area contributed by atoms with Gasteiger partial charge in [0.2, 0.25) is 0 Å². The minimum atomic E-state index is 0.616. The average Bonchev–Trinajstić information content (AvgIpc) is 4.03. The van der Waals surface area contributed by atoms with E-state index < -0.39 is 0 Å². The molecule has 5 nitrogen and oxygen atoms in total. The molecule has 0 unspecified atom stereocenters. The minimum Gasteiger partial charge on any atom is -0.455 e. The van der Waals surface area contributed by atoms with E-state index in [0.717, 1.165) is 88.5 Å². The smallest absolute Gasteiger partial charge is 0.180 e. The molecule has 0 saturated carbocycles. The molecule has 0 fully saturated rings. The van der Waals surface area contributed by atoms with Gasteiger partial charge < -0.3 is 13.4 Å². The molecule has 0 aliphatic heterocycles. The van der Waals surface area contributed by atoms with Crippen molar-refractivity contribution in [2.24, 2.45) is 0 Å². The van der Waals surface area contributed by atoms with E-state index in [1.807, 2.05) is 18.2 Å². The first-order chi connectivity index (χ1) is 31.2. The summed E-state index contributed by atoms with van der Waals surface area (Å²) in [5.74, 6) is 0.616. The van der Waals surface area contributed by atoms with E-state index in [2.05, 4.69) is 187 Å². The van der Waals surface area contributed by atoms with Crippen LogP contribution in [0.2, 0.25) is 0 Å². The molecule has 63 heavy (non-hydrogen) atoms. The molecule has 4 aromatic heterocycles. The van der Waals surface area contributed by atoms with Gasteiger partial charge in [-0.15, -0.1) is 0 Å². The second-order valence-electron chi connectivity index (χ2n) is 16.4. The molecule has 0 bridgehead atoms. The second kappa shape index (κ2) is 13.0. The van der Waals surface area contributed by atoms with Crippen LogP contribution in [0.5, 0.6) is 0 Å². The number of fused-ring (bicyclic) bond motifs is 15. The van der Waals surface area contributed by atoms with Gasteiger partial charge in [0.15, 0.2) is 11.4 Å². The quantitative estimate of drug-likeness (QED) is 0.166. The lowest BCUT2D eigenvalue weighted by atomic mass is 9.92. The summed E-state index contributed by atoms with van der Waals surface area (Å²) in [5, 5.41) is 12.6. The second-order valence-corrected chi connectivity index (χ2v) is 16.4. The molecule has 0 spiro atoms. The van der Waals surface area contributed by atoms with Crippen LogP contribution in [-0.4, -0.2) is 14.5 Å². The Morgan fingerprint density at radius 2 is 0.889 bits per heavy atom. The van der Waals surface area contributed by atoms with Gasteiger partial charge >= 0.3 is 0 Å². The Balaban J connectivity index is 1.12. The van der Waals surface area contributed by atoms with Crippen LogP contribution in [0.15, 0.2) is 209 Å². The predicted molar refractivity (Wildman–Crippen MR) is 260 cm³/mol. The van der Waals surface area contributed by atoms with E-state index in [0.29, 0.717) is 11.4 Å². The summed E-state index contributed by atoms with van der Waals surface area (Å²) in [4.78, 5) is 11.1. The number of aromatic nitrogens is 3. The minimum absolute atomic E-state index is 0.616. The van der Waals surface area contributed by atoms with Crippen molar-refractivity contribution in [1.29, 1.82) is 0 Å². The number of rotatable bonds is 4. The van der Waals surface area contributed by atoms with Gasteiger partial charge in [-0.3, -0.25) is 0 Å². The van der Waals surface area contributed by atoms with Gasteiger partial charge in [-0.25, -0.2) is 9.97 Å². The van der Waals surface area contributed by atoms with Crippen LogP contribution in [0, 0.1) is 0 Å². The topological polar surface area (TPSA) is 57.0 Å². The van der Waals surface area contributed by atoms with Crippen LogP contribution in [0.4, 0.5) is 0 Å². The highest BCUT2D eigenvalue weighted by atomic mass is 16.3. The zero-order valence-corrected chi connectivity index (χ0v) is 33.7. The lowest BCUT2D eigenvalue weighted by Crippen LogP contribution is -2.02. The van der Waals surface area contributed by atoms with E-state index in [9.17, 15) is 0 Å². The normalized spacial score (nSPS) is 12.1. The van der Waals surface area contributed by atoms with E-state index in [1.54, 1.807) is 0 Å². The molecule has 0 atom stereocenters. The van der Waals surface area contributed by atoms with Crippen LogP contribution in [-0.2, 0) is 0 Å². The SMILES string of the molecule is c1ccc(-c2nc(-c3cc4c5ccccc5c5ccccc5c4cc3-n3c4ccccc4c4ccccc43)nc3c2oc2ccc(-c4cccc5c4oc4ccccc45)cc23)cc1. The molecule has 14 aromatic rings. The van der Waals surface area contributed by atoms with Crippen LogP contribution in [0.25, 0.3) is 138 Å². The Morgan fingerprint density at radius 3 is 1.60 bits per heavy atom. The molecule has 0 amide bonds. The maximum Gasteiger partial charge on any atom is 0.180 e. The first-order valence-corrected chi connectivity index (χ1v) is 21.3. The van der Waals surface area contributed by atoms with E-state index in [4.69, 9.17) is 18.8 Å². The van der Waals surface area contributed by atoms with Gasteiger partial charge in [-0.1, -0.05) is 158 Å². The van der Waals surface area contributed by atoms with Crippen molar-refractivity contribution < 1.29 is 8.83 Å². The molecule has 0 aliphatic carbocycles. The summed E-state index contributed by atoms with van der Waals surface area (Å²) in [6, 6.07) is 70.8. The molecule has 10 aromatic carbocycles. The highest BCUT2D eigenvalue weighted by Gasteiger charge is 2.24. The van der Waals surface area contributed by atoms with Gasteiger partial charge in [0, 0.05) is 43.6 Å². The number of para-hydroxylation sites is 4. The number of benzene rings is 10. The van der Waals surface area contributed by atoms with Crippen molar-refractivity contribution in [2.75, 3.05) is 0 Å². The fourth-order valence-corrected chi connectivity index (χ4v) is 10.2. The van der Waals surface area contributed by atoms with Crippen molar-refractivity contribution in [3.63, 3.8) is 0 Å². The summed E-state index contributed by atoms with van der Waals surface area (Å²) < 4.78 is 15.7. The molecule has 0 aliphatic rings. The molecular formula is C58H33N3O2. The van der Waals surface area contributed by atoms with Gasteiger partial charge in [0.05, 0.1) is 16.7 Å². The highest BCUT2D eigenvalue weighted by Crippen LogP contribution is 2.45. The number of hydrogen-bond acceptors (Lipinski definition) is 4. The van der Waals surface area contributed by atoms with E-state index in [1.165, 1.54) is 37.7 Å². The Bertz CT molecular complexity index is 4160. The monoisotopic (exact) mass is 803 g/mol. The molecule has 5 heteroatoms. The maximum atomic E-state index is 6.80. The van der Waals surface area contributed by atoms with Crippen molar-refractivity contribution in [1.82, 2.24) is 14.5 Å². The van der Waals surface area contributed by atoms with Crippen molar-refractivity contribution in [2.45, 2.75) is 0 Å². The summed E-state index contributed by atoms with van der Waals surface area (Å²) in [6.45, 7) is 0. The molecular weight excluding hydrogens is 771 g/mol. The lowest BCUT2D eigenvalue weighted by molar-refractivity contribution is 0.667. The summed E-state index contributed by atoms with van der Waals surface area (Å²) in [5.41, 5.74) is 11.8. The summed E-state index contributed by atoms with van der Waals surface area (Å²) in [6.07, 6.45) is 0. The van der Waals surface area contributed by atoms with Crippen LogP contribution in [0.1, 0.15) is 0 Å². The van der Waals surface area contributed by atoms with Crippen LogP contribution >= 0.6 is 0 Å². The molecule has 0 N–H and O–H groups in total. The molecule has 14 rings (SSSR count). The third kappa shape index (κ3) is 4.93. The Morgan fingerprint density at radius 1 is 0.333 bits per heavy atom. The number of hydrogen-bond donors (Lipinski definition) is 0. The predicted octanol–water partition coefficient (Wildman–Crippen LogP) is 15.8. The standard InChI is InChI=1S/C58H33N3O2/c1-2-15-34(16-3-1)54-57-55(48-31-35(29-30-53(48)63-57)36-24-14-25-44-43-23-10-13-28-52(43)62-56(36)44)60-58(59-54)47-32-45-39-19-6-4-17-37(39)38-18-5-7-20-40(38)46(45)33-51(47)61-49-26-11-8-21-41(49)42-22-9-12-27-50(42)61/h1-33H. The Hall–Kier alpha value is -8.54. The zero-order valence-electron chi connectivity index (χ0n) is 33.7. The lowest BCUT2D eigenvalue weighted by Gasteiger charge is -2.18. The number of furan rings is 2. The van der Waals surface area contributed by atoms with Gasteiger partial charge in [0.1, 0.15) is 28.0 Å². The third-order valence-corrected chi connectivity index (χ3v) is 13.0. The van der Waals surface area contributed by atoms with Crippen molar-refractivity contribution in [3.8, 4) is 39.5 Å². The summed E-state index contributed by atoms with van der Waals surface area (Å²) in [7, 11) is 0. The van der Waals surface area contributed by atoms with E-state index in [-0.39, 0.29) is 0 Å². The van der Waals surface area contributed by atoms with Crippen LogP contribution < -0.4 is 0 Å². The Kier molecular flexibility index (Phi) is 7.05. The van der Waals surface area contributed by atoms with Gasteiger partial charge in [0.25, 0.3) is 0 Å². The fourth-order valence-electron chi connectivity index (χ4n) is 10.2. The molecule has 4 heterocycles. The molecule has 292 valence electrons.